The van der Waals surface area contributed by atoms with Gasteiger partial charge in [0.15, 0.2) is 11.3 Å². The molecule has 6 unspecified atom stereocenters. The van der Waals surface area contributed by atoms with Crippen LogP contribution < -0.4 is 11.2 Å². The molecule has 1 aliphatic heterocycles. The van der Waals surface area contributed by atoms with Gasteiger partial charge in [-0.15, -0.1) is 0 Å². The van der Waals surface area contributed by atoms with E-state index in [0.29, 0.717) is 4.57 Å². The van der Waals surface area contributed by atoms with E-state index in [1.165, 1.54) is 0 Å². The fraction of sp³-hybridized carbons (Fsp3) is 0.636. The van der Waals surface area contributed by atoms with Crippen LogP contribution in [0.2, 0.25) is 0 Å². The minimum atomic E-state index is -5.87. The molecule has 1 fully saturated rings. The number of nitrogens with zero attached hydrogens (tertiary/aromatic N) is 1. The number of aromatic amines is 1. The molecular formula is C11H18FN2O15P3. The quantitative estimate of drug-likeness (QED) is 0.170. The molecule has 0 radical (unpaired) electrons. The second-order valence-electron chi connectivity index (χ2n) is 6.59. The Morgan fingerprint density at radius 3 is 2.22 bits per heavy atom. The van der Waals surface area contributed by atoms with Crippen LogP contribution in [0.15, 0.2) is 21.9 Å². The molecule has 17 nitrogen and oxygen atoms in total. The Morgan fingerprint density at radius 2 is 1.72 bits per heavy atom. The summed E-state index contributed by atoms with van der Waals surface area (Å²) < 4.78 is 64.9. The number of nitrogens with one attached hydrogen (secondary N) is 1. The van der Waals surface area contributed by atoms with E-state index in [4.69, 9.17) is 19.4 Å². The van der Waals surface area contributed by atoms with E-state index in [1.807, 2.05) is 4.98 Å². The molecule has 2 heterocycles. The summed E-state index contributed by atoms with van der Waals surface area (Å²) in [5.74, 6) is 0. The highest BCUT2D eigenvalue weighted by molar-refractivity contribution is 7.66. The van der Waals surface area contributed by atoms with E-state index in [9.17, 15) is 42.8 Å². The number of H-pyrrole nitrogens is 1. The van der Waals surface area contributed by atoms with Gasteiger partial charge >= 0.3 is 29.2 Å². The van der Waals surface area contributed by atoms with Crippen LogP contribution in [-0.2, 0) is 37.3 Å². The maximum absolute atomic E-state index is 13.9. The molecule has 0 saturated carbocycles. The summed E-state index contributed by atoms with van der Waals surface area (Å²) in [7, 11) is -17.2. The van der Waals surface area contributed by atoms with E-state index in [-0.39, 0.29) is 0 Å². The Hall–Kier alpha value is -1.10. The van der Waals surface area contributed by atoms with Crippen molar-refractivity contribution < 1.29 is 65.8 Å². The van der Waals surface area contributed by atoms with Gasteiger partial charge in [0.2, 0.25) is 0 Å². The van der Waals surface area contributed by atoms with Crippen molar-refractivity contribution in [2.24, 2.45) is 0 Å². The summed E-state index contributed by atoms with van der Waals surface area (Å²) >= 11 is 0. The first kappa shape index (κ1) is 27.1. The fourth-order valence-corrected chi connectivity index (χ4v) is 5.90. The normalized spacial score (nSPS) is 32.4. The summed E-state index contributed by atoms with van der Waals surface area (Å²) in [6, 6.07) is 0.844. The SMILES string of the molecule is CC1(n2ccc(=O)[nH]c2=O)OC(CF)(COP(=O)(O)OP(=O)(O)OP(=O)(O)O)C(O)C1O. The second-order valence-corrected chi connectivity index (χ2v) is 11.0. The fourth-order valence-electron chi connectivity index (χ4n) is 2.83. The van der Waals surface area contributed by atoms with Gasteiger partial charge in [0.25, 0.3) is 5.56 Å². The van der Waals surface area contributed by atoms with Crippen molar-refractivity contribution in [2.45, 2.75) is 30.5 Å². The minimum Gasteiger partial charge on any atom is -0.387 e. The number of aromatic nitrogens is 2. The number of aliphatic hydroxyl groups is 2. The van der Waals surface area contributed by atoms with Gasteiger partial charge in [-0.25, -0.2) is 22.9 Å². The van der Waals surface area contributed by atoms with Gasteiger partial charge in [-0.2, -0.15) is 8.62 Å². The molecule has 0 aromatic carbocycles. The highest BCUT2D eigenvalue weighted by Gasteiger charge is 2.62. The van der Waals surface area contributed by atoms with Crippen LogP contribution in [0.25, 0.3) is 0 Å². The third-order valence-corrected chi connectivity index (χ3v) is 8.00. The monoisotopic (exact) mass is 530 g/mol. The topological polar surface area (TPSA) is 264 Å². The van der Waals surface area contributed by atoms with E-state index in [0.717, 1.165) is 19.2 Å². The van der Waals surface area contributed by atoms with Crippen LogP contribution in [0.4, 0.5) is 4.39 Å². The highest BCUT2D eigenvalue weighted by atomic mass is 31.3. The Kier molecular flexibility index (Phi) is 7.57. The number of alkyl halides is 1. The van der Waals surface area contributed by atoms with Crippen molar-refractivity contribution in [3.05, 3.63) is 33.1 Å². The molecule has 0 bridgehead atoms. The first-order chi connectivity index (χ1) is 14.4. The Balaban J connectivity index is 2.29. The average molecular weight is 530 g/mol. The second kappa shape index (κ2) is 8.92. The lowest BCUT2D eigenvalue weighted by molar-refractivity contribution is -0.185. The number of ether oxygens (including phenoxy) is 1. The molecule has 6 atom stereocenters. The van der Waals surface area contributed by atoms with Gasteiger partial charge < -0.3 is 34.5 Å². The van der Waals surface area contributed by atoms with Crippen molar-refractivity contribution in [1.82, 2.24) is 9.55 Å². The smallest absolute Gasteiger partial charge is 0.387 e. The molecule has 0 spiro atoms. The lowest BCUT2D eigenvalue weighted by atomic mass is 9.95. The Bertz CT molecular complexity index is 1120. The molecule has 7 N–H and O–H groups in total. The number of halogens is 1. The third kappa shape index (κ3) is 5.87. The summed E-state index contributed by atoms with van der Waals surface area (Å²) in [5, 5.41) is 20.7. The number of phosphoric ester groups is 1. The maximum Gasteiger partial charge on any atom is 0.490 e. The summed E-state index contributed by atoms with van der Waals surface area (Å²) in [5.41, 5.74) is -6.86. The molecule has 1 aromatic heterocycles. The van der Waals surface area contributed by atoms with Crippen LogP contribution >= 0.6 is 23.5 Å². The predicted molar refractivity (Wildman–Crippen MR) is 96.6 cm³/mol. The van der Waals surface area contributed by atoms with Crippen LogP contribution in [0, 0.1) is 0 Å². The van der Waals surface area contributed by atoms with Gasteiger partial charge in [0.05, 0.1) is 6.61 Å². The molecule has 0 amide bonds. The van der Waals surface area contributed by atoms with E-state index >= 15 is 0 Å². The van der Waals surface area contributed by atoms with E-state index < -0.39 is 71.5 Å². The van der Waals surface area contributed by atoms with Crippen LogP contribution in [0.1, 0.15) is 6.92 Å². The number of hydrogen-bond acceptors (Lipinski definition) is 11. The van der Waals surface area contributed by atoms with Gasteiger partial charge in [0, 0.05) is 12.3 Å². The van der Waals surface area contributed by atoms with Gasteiger partial charge in [0.1, 0.15) is 18.9 Å². The van der Waals surface area contributed by atoms with Gasteiger partial charge in [-0.05, 0) is 6.92 Å². The lowest BCUT2D eigenvalue weighted by Gasteiger charge is -2.32. The van der Waals surface area contributed by atoms with Crippen molar-refractivity contribution in [3.63, 3.8) is 0 Å². The number of hydrogen-bond donors (Lipinski definition) is 7. The number of aliphatic hydroxyl groups excluding tert-OH is 2. The standard InChI is InChI=1S/C11H18FN2O15P3/c1-10(14-3-2-6(15)13-9(14)18)7(16)8(17)11(4-12,27-10)5-26-31(22,23)29-32(24,25)28-30(19,20)21/h2-3,7-8,16-17H,4-5H2,1H3,(H,22,23)(H,24,25)(H,13,15,18)(H2,19,20,21). The summed E-state index contributed by atoms with van der Waals surface area (Å²) in [4.78, 5) is 60.7. The maximum atomic E-state index is 13.9. The van der Waals surface area contributed by atoms with Crippen molar-refractivity contribution in [1.29, 1.82) is 0 Å². The molecule has 32 heavy (non-hydrogen) atoms. The Labute approximate surface area is 176 Å². The van der Waals surface area contributed by atoms with E-state index in [2.05, 4.69) is 13.1 Å². The van der Waals surface area contributed by atoms with Gasteiger partial charge in [-0.1, -0.05) is 0 Å². The zero-order valence-electron chi connectivity index (χ0n) is 15.7. The van der Waals surface area contributed by atoms with E-state index in [1.54, 1.807) is 0 Å². The summed E-state index contributed by atoms with van der Waals surface area (Å²) in [6.45, 7) is -2.16. The minimum absolute atomic E-state index is 0.588. The largest absolute Gasteiger partial charge is 0.490 e. The molecule has 1 saturated heterocycles. The van der Waals surface area contributed by atoms with Crippen LogP contribution in [-0.4, -0.2) is 70.4 Å². The first-order valence-electron chi connectivity index (χ1n) is 8.09. The molecule has 1 aliphatic rings. The van der Waals surface area contributed by atoms with Crippen molar-refractivity contribution in [2.75, 3.05) is 13.3 Å². The first-order valence-corrected chi connectivity index (χ1v) is 12.6. The molecule has 0 aliphatic carbocycles. The molecular weight excluding hydrogens is 512 g/mol. The molecule has 2 rings (SSSR count). The average Bonchev–Trinajstić information content (AvgIpc) is 2.79. The molecule has 1 aromatic rings. The zero-order chi connectivity index (χ0) is 24.8. The van der Waals surface area contributed by atoms with Crippen LogP contribution in [0.5, 0.6) is 0 Å². The molecule has 21 heteroatoms. The van der Waals surface area contributed by atoms with Crippen molar-refractivity contribution >= 4 is 23.5 Å². The number of phosphoric acid groups is 3. The highest BCUT2D eigenvalue weighted by Crippen LogP contribution is 2.66. The van der Waals surface area contributed by atoms with Crippen molar-refractivity contribution in [3.8, 4) is 0 Å². The predicted octanol–water partition coefficient (Wildman–Crippen LogP) is -1.99. The molecule has 184 valence electrons. The number of rotatable bonds is 9. The summed E-state index contributed by atoms with van der Waals surface area (Å²) in [6.07, 6.45) is -3.46. The zero-order valence-corrected chi connectivity index (χ0v) is 18.4. The Morgan fingerprint density at radius 1 is 1.12 bits per heavy atom. The van der Waals surface area contributed by atoms with Gasteiger partial charge in [-0.3, -0.25) is 18.9 Å². The lowest BCUT2D eigenvalue weighted by Crippen LogP contribution is -2.49. The van der Waals surface area contributed by atoms with Crippen LogP contribution in [0.3, 0.4) is 0 Å². The third-order valence-electron chi connectivity index (χ3n) is 4.21.